The molecule has 1 atom stereocenters. The standard InChI is InChI=1S/C15H13BrFN/c16-11-6-4-10-5-7-15(14(10)8-11)18-13-3-1-2-12(17)9-13/h1-4,6,8-9,15,18H,5,7H2. The van der Waals surface area contributed by atoms with Crippen LogP contribution in [0.4, 0.5) is 10.1 Å². The van der Waals surface area contributed by atoms with Crippen LogP contribution < -0.4 is 5.32 Å². The van der Waals surface area contributed by atoms with Crippen LogP contribution in [0.15, 0.2) is 46.9 Å². The van der Waals surface area contributed by atoms with E-state index < -0.39 is 0 Å². The lowest BCUT2D eigenvalue weighted by atomic mass is 10.1. The van der Waals surface area contributed by atoms with Gasteiger partial charge in [-0.25, -0.2) is 4.39 Å². The van der Waals surface area contributed by atoms with Gasteiger partial charge >= 0.3 is 0 Å². The molecule has 3 heteroatoms. The Hall–Kier alpha value is -1.35. The summed E-state index contributed by atoms with van der Waals surface area (Å²) in [5, 5.41) is 3.40. The van der Waals surface area contributed by atoms with E-state index in [1.165, 1.54) is 23.3 Å². The molecule has 0 radical (unpaired) electrons. The Balaban J connectivity index is 1.86. The number of anilines is 1. The minimum absolute atomic E-state index is 0.201. The van der Waals surface area contributed by atoms with E-state index in [0.717, 1.165) is 23.0 Å². The summed E-state index contributed by atoms with van der Waals surface area (Å²) >= 11 is 3.50. The minimum atomic E-state index is -0.201. The van der Waals surface area contributed by atoms with Crippen molar-refractivity contribution >= 4 is 21.6 Å². The maximum absolute atomic E-state index is 13.2. The van der Waals surface area contributed by atoms with Crippen LogP contribution in [0.25, 0.3) is 0 Å². The van der Waals surface area contributed by atoms with Crippen molar-refractivity contribution < 1.29 is 4.39 Å². The van der Waals surface area contributed by atoms with Gasteiger partial charge in [0.2, 0.25) is 0 Å². The van der Waals surface area contributed by atoms with Gasteiger partial charge in [0, 0.05) is 10.2 Å². The minimum Gasteiger partial charge on any atom is -0.378 e. The highest BCUT2D eigenvalue weighted by Gasteiger charge is 2.22. The van der Waals surface area contributed by atoms with E-state index in [2.05, 4.69) is 39.4 Å². The average molecular weight is 306 g/mol. The van der Waals surface area contributed by atoms with Gasteiger partial charge in [0.25, 0.3) is 0 Å². The fourth-order valence-electron chi connectivity index (χ4n) is 2.50. The summed E-state index contributed by atoms with van der Waals surface area (Å²) in [6.07, 6.45) is 2.14. The molecule has 0 saturated carbocycles. The van der Waals surface area contributed by atoms with Gasteiger partial charge in [-0.2, -0.15) is 0 Å². The summed E-state index contributed by atoms with van der Waals surface area (Å²) in [5.41, 5.74) is 3.54. The molecule has 1 N–H and O–H groups in total. The molecule has 0 bridgehead atoms. The average Bonchev–Trinajstić information content (AvgIpc) is 2.72. The lowest BCUT2D eigenvalue weighted by Crippen LogP contribution is -2.07. The Morgan fingerprint density at radius 2 is 2.06 bits per heavy atom. The van der Waals surface area contributed by atoms with Crippen molar-refractivity contribution in [2.24, 2.45) is 0 Å². The highest BCUT2D eigenvalue weighted by Crippen LogP contribution is 2.35. The molecular weight excluding hydrogens is 293 g/mol. The number of nitrogens with one attached hydrogen (secondary N) is 1. The van der Waals surface area contributed by atoms with Gasteiger partial charge in [-0.1, -0.05) is 28.1 Å². The lowest BCUT2D eigenvalue weighted by Gasteiger charge is -2.15. The van der Waals surface area contributed by atoms with E-state index >= 15 is 0 Å². The lowest BCUT2D eigenvalue weighted by molar-refractivity contribution is 0.627. The van der Waals surface area contributed by atoms with Crippen LogP contribution in [-0.2, 0) is 6.42 Å². The number of rotatable bonds is 2. The van der Waals surface area contributed by atoms with E-state index in [1.807, 2.05) is 6.07 Å². The first-order valence-corrected chi connectivity index (χ1v) is 6.82. The second-order valence-corrected chi connectivity index (χ2v) is 5.50. The smallest absolute Gasteiger partial charge is 0.125 e. The Morgan fingerprint density at radius 3 is 2.89 bits per heavy atom. The zero-order valence-corrected chi connectivity index (χ0v) is 11.4. The molecule has 0 spiro atoms. The fraction of sp³-hybridized carbons (Fsp3) is 0.200. The Morgan fingerprint density at radius 1 is 1.17 bits per heavy atom. The summed E-state index contributed by atoms with van der Waals surface area (Å²) in [6.45, 7) is 0. The monoisotopic (exact) mass is 305 g/mol. The molecule has 92 valence electrons. The van der Waals surface area contributed by atoms with Crippen molar-refractivity contribution in [1.82, 2.24) is 0 Å². The first-order chi connectivity index (χ1) is 8.72. The van der Waals surface area contributed by atoms with Crippen molar-refractivity contribution in [2.45, 2.75) is 18.9 Å². The first kappa shape index (κ1) is 11.7. The van der Waals surface area contributed by atoms with Crippen molar-refractivity contribution in [2.75, 3.05) is 5.32 Å². The molecule has 0 saturated heterocycles. The number of fused-ring (bicyclic) bond motifs is 1. The van der Waals surface area contributed by atoms with Crippen molar-refractivity contribution in [3.63, 3.8) is 0 Å². The van der Waals surface area contributed by atoms with Gasteiger partial charge in [0.05, 0.1) is 6.04 Å². The molecule has 1 aliphatic rings. The fourth-order valence-corrected chi connectivity index (χ4v) is 2.88. The molecule has 0 fully saturated rings. The molecule has 0 aliphatic heterocycles. The summed E-state index contributed by atoms with van der Waals surface area (Å²) in [5.74, 6) is -0.201. The predicted octanol–water partition coefficient (Wildman–Crippen LogP) is 4.69. The molecule has 18 heavy (non-hydrogen) atoms. The molecule has 2 aromatic carbocycles. The summed E-state index contributed by atoms with van der Waals surface area (Å²) in [7, 11) is 0. The normalized spacial score (nSPS) is 17.6. The Labute approximate surface area is 114 Å². The molecule has 0 heterocycles. The molecule has 0 aromatic heterocycles. The van der Waals surface area contributed by atoms with Gasteiger partial charge in [0.1, 0.15) is 5.82 Å². The molecular formula is C15H13BrFN. The molecule has 2 aromatic rings. The topological polar surface area (TPSA) is 12.0 Å². The Kier molecular flexibility index (Phi) is 3.08. The highest BCUT2D eigenvalue weighted by molar-refractivity contribution is 9.10. The maximum Gasteiger partial charge on any atom is 0.125 e. The third kappa shape index (κ3) is 2.27. The van der Waals surface area contributed by atoms with Gasteiger partial charge < -0.3 is 5.32 Å². The van der Waals surface area contributed by atoms with E-state index in [9.17, 15) is 4.39 Å². The van der Waals surface area contributed by atoms with Gasteiger partial charge in [0.15, 0.2) is 0 Å². The molecule has 3 rings (SSSR count). The number of aryl methyl sites for hydroxylation is 1. The molecule has 1 nitrogen and oxygen atoms in total. The van der Waals surface area contributed by atoms with Crippen LogP contribution in [0, 0.1) is 5.82 Å². The first-order valence-electron chi connectivity index (χ1n) is 6.03. The second kappa shape index (κ2) is 4.73. The summed E-state index contributed by atoms with van der Waals surface area (Å²) in [6, 6.07) is 13.3. The van der Waals surface area contributed by atoms with E-state index in [1.54, 1.807) is 6.07 Å². The number of halogens is 2. The second-order valence-electron chi connectivity index (χ2n) is 4.59. The summed E-state index contributed by atoms with van der Waals surface area (Å²) in [4.78, 5) is 0. The van der Waals surface area contributed by atoms with Crippen LogP contribution in [0.2, 0.25) is 0 Å². The van der Waals surface area contributed by atoms with Crippen LogP contribution in [0.5, 0.6) is 0 Å². The van der Waals surface area contributed by atoms with Crippen molar-refractivity contribution in [1.29, 1.82) is 0 Å². The third-order valence-electron chi connectivity index (χ3n) is 3.35. The quantitative estimate of drug-likeness (QED) is 0.849. The van der Waals surface area contributed by atoms with Gasteiger partial charge in [-0.15, -0.1) is 0 Å². The third-order valence-corrected chi connectivity index (χ3v) is 3.84. The number of hydrogen-bond donors (Lipinski definition) is 1. The number of benzene rings is 2. The largest absolute Gasteiger partial charge is 0.378 e. The van der Waals surface area contributed by atoms with Gasteiger partial charge in [-0.05, 0) is 54.3 Å². The highest BCUT2D eigenvalue weighted by atomic mass is 79.9. The van der Waals surface area contributed by atoms with Crippen LogP contribution in [0.3, 0.4) is 0 Å². The number of hydrogen-bond acceptors (Lipinski definition) is 1. The molecule has 1 unspecified atom stereocenters. The van der Waals surface area contributed by atoms with E-state index in [0.29, 0.717) is 0 Å². The predicted molar refractivity (Wildman–Crippen MR) is 75.2 cm³/mol. The molecule has 0 amide bonds. The van der Waals surface area contributed by atoms with Crippen molar-refractivity contribution in [3.8, 4) is 0 Å². The van der Waals surface area contributed by atoms with Crippen molar-refractivity contribution in [3.05, 3.63) is 63.9 Å². The van der Waals surface area contributed by atoms with E-state index in [-0.39, 0.29) is 11.9 Å². The van der Waals surface area contributed by atoms with E-state index in [4.69, 9.17) is 0 Å². The Bertz CT molecular complexity index is 582. The zero-order valence-electron chi connectivity index (χ0n) is 9.79. The zero-order chi connectivity index (χ0) is 12.5. The van der Waals surface area contributed by atoms with Crippen LogP contribution >= 0.6 is 15.9 Å². The van der Waals surface area contributed by atoms with Crippen LogP contribution in [0.1, 0.15) is 23.6 Å². The van der Waals surface area contributed by atoms with Gasteiger partial charge in [-0.3, -0.25) is 0 Å². The SMILES string of the molecule is Fc1cccc(NC2CCc3ccc(Br)cc32)c1. The maximum atomic E-state index is 13.2. The van der Waals surface area contributed by atoms with Crippen LogP contribution in [-0.4, -0.2) is 0 Å². The molecule has 1 aliphatic carbocycles. The summed E-state index contributed by atoms with van der Waals surface area (Å²) < 4.78 is 14.2.